The highest BCUT2D eigenvalue weighted by Crippen LogP contribution is 2.12. The van der Waals surface area contributed by atoms with Gasteiger partial charge >= 0.3 is 0 Å². The molecule has 1 saturated heterocycles. The van der Waals surface area contributed by atoms with Gasteiger partial charge < -0.3 is 14.8 Å². The first-order valence-electron chi connectivity index (χ1n) is 6.29. The Hall–Kier alpha value is -0.120. The summed E-state index contributed by atoms with van der Waals surface area (Å²) < 4.78 is 10.7. The van der Waals surface area contributed by atoms with Gasteiger partial charge in [-0.1, -0.05) is 6.92 Å². The third-order valence-corrected chi connectivity index (χ3v) is 2.76. The molecule has 1 aliphatic rings. The molecule has 3 nitrogen and oxygen atoms in total. The second-order valence-electron chi connectivity index (χ2n) is 4.23. The van der Waals surface area contributed by atoms with Crippen LogP contribution >= 0.6 is 0 Å². The van der Waals surface area contributed by atoms with Gasteiger partial charge in [0.2, 0.25) is 0 Å². The van der Waals surface area contributed by atoms with Crippen LogP contribution in [-0.2, 0) is 9.47 Å². The zero-order valence-corrected chi connectivity index (χ0v) is 9.96. The average Bonchev–Trinajstić information content (AvgIpc) is 2.29. The molecule has 0 atom stereocenters. The van der Waals surface area contributed by atoms with E-state index in [4.69, 9.17) is 9.47 Å². The van der Waals surface area contributed by atoms with Crippen LogP contribution in [0.4, 0.5) is 0 Å². The lowest BCUT2D eigenvalue weighted by Gasteiger charge is -2.22. The van der Waals surface area contributed by atoms with E-state index >= 15 is 0 Å². The van der Waals surface area contributed by atoms with Crippen LogP contribution in [0.3, 0.4) is 0 Å². The van der Waals surface area contributed by atoms with Crippen LogP contribution in [0, 0.1) is 5.92 Å². The van der Waals surface area contributed by atoms with E-state index < -0.39 is 0 Å². The maximum atomic E-state index is 5.41. The summed E-state index contributed by atoms with van der Waals surface area (Å²) in [5, 5.41) is 3.50. The highest BCUT2D eigenvalue weighted by molar-refractivity contribution is 4.65. The Kier molecular flexibility index (Phi) is 7.88. The second kappa shape index (κ2) is 9.13. The average molecular weight is 215 g/mol. The molecular weight excluding hydrogens is 190 g/mol. The van der Waals surface area contributed by atoms with Gasteiger partial charge in [-0.3, -0.25) is 0 Å². The summed E-state index contributed by atoms with van der Waals surface area (Å²) in [7, 11) is 0. The van der Waals surface area contributed by atoms with Gasteiger partial charge in [0, 0.05) is 26.4 Å². The Morgan fingerprint density at radius 1 is 1.27 bits per heavy atom. The highest BCUT2D eigenvalue weighted by atomic mass is 16.5. The minimum atomic E-state index is 0.829. The number of nitrogens with one attached hydrogen (secondary N) is 1. The molecule has 0 spiro atoms. The molecule has 0 unspecified atom stereocenters. The molecule has 0 bridgehead atoms. The van der Waals surface area contributed by atoms with E-state index in [1.54, 1.807) is 0 Å². The van der Waals surface area contributed by atoms with Crippen LogP contribution in [0.5, 0.6) is 0 Å². The summed E-state index contributed by atoms with van der Waals surface area (Å²) in [6.45, 7) is 8.08. The van der Waals surface area contributed by atoms with Gasteiger partial charge in [0.1, 0.15) is 0 Å². The predicted molar refractivity (Wildman–Crippen MR) is 62.1 cm³/mol. The van der Waals surface area contributed by atoms with E-state index in [1.807, 2.05) is 0 Å². The van der Waals surface area contributed by atoms with Crippen molar-refractivity contribution in [2.45, 2.75) is 32.6 Å². The van der Waals surface area contributed by atoms with Gasteiger partial charge in [-0.15, -0.1) is 0 Å². The number of hydrogen-bond donors (Lipinski definition) is 1. The summed E-state index contributed by atoms with van der Waals surface area (Å²) in [5.41, 5.74) is 0. The first-order chi connectivity index (χ1) is 7.43. The Balaban J connectivity index is 1.79. The molecule has 0 aromatic heterocycles. The lowest BCUT2D eigenvalue weighted by Crippen LogP contribution is -2.28. The molecule has 15 heavy (non-hydrogen) atoms. The highest BCUT2D eigenvalue weighted by Gasteiger charge is 2.12. The summed E-state index contributed by atoms with van der Waals surface area (Å²) >= 11 is 0. The van der Waals surface area contributed by atoms with E-state index in [-0.39, 0.29) is 0 Å². The van der Waals surface area contributed by atoms with Crippen LogP contribution < -0.4 is 5.32 Å². The van der Waals surface area contributed by atoms with Gasteiger partial charge in [-0.25, -0.2) is 0 Å². The smallest absolute Gasteiger partial charge is 0.0478 e. The van der Waals surface area contributed by atoms with Crippen molar-refractivity contribution >= 4 is 0 Å². The van der Waals surface area contributed by atoms with Crippen molar-refractivity contribution in [3.63, 3.8) is 0 Å². The third-order valence-electron chi connectivity index (χ3n) is 2.76. The van der Waals surface area contributed by atoms with Crippen molar-refractivity contribution in [1.82, 2.24) is 5.32 Å². The van der Waals surface area contributed by atoms with E-state index in [0.717, 1.165) is 58.3 Å². The molecule has 0 radical (unpaired) electrons. The summed E-state index contributed by atoms with van der Waals surface area (Å²) in [4.78, 5) is 0. The van der Waals surface area contributed by atoms with Crippen molar-refractivity contribution in [3.8, 4) is 0 Å². The fraction of sp³-hybridized carbons (Fsp3) is 1.00. The molecule has 1 rings (SSSR count). The van der Waals surface area contributed by atoms with Gasteiger partial charge in [0.15, 0.2) is 0 Å². The van der Waals surface area contributed by atoms with Crippen LogP contribution in [0.25, 0.3) is 0 Å². The largest absolute Gasteiger partial charge is 0.381 e. The topological polar surface area (TPSA) is 30.5 Å². The zero-order valence-electron chi connectivity index (χ0n) is 9.96. The Morgan fingerprint density at radius 3 is 2.80 bits per heavy atom. The Morgan fingerprint density at radius 2 is 2.07 bits per heavy atom. The molecule has 0 saturated carbocycles. The van der Waals surface area contributed by atoms with Crippen molar-refractivity contribution in [2.24, 2.45) is 5.92 Å². The minimum Gasteiger partial charge on any atom is -0.381 e. The molecule has 1 heterocycles. The fourth-order valence-electron chi connectivity index (χ4n) is 1.80. The minimum absolute atomic E-state index is 0.829. The molecule has 0 aliphatic carbocycles. The Bertz CT molecular complexity index is 136. The number of ether oxygens (including phenoxy) is 2. The van der Waals surface area contributed by atoms with Crippen molar-refractivity contribution in [1.29, 1.82) is 0 Å². The molecule has 1 fully saturated rings. The van der Waals surface area contributed by atoms with E-state index in [1.165, 1.54) is 12.8 Å². The van der Waals surface area contributed by atoms with Crippen molar-refractivity contribution in [2.75, 3.05) is 39.5 Å². The number of hydrogen-bond acceptors (Lipinski definition) is 3. The zero-order chi connectivity index (χ0) is 10.8. The van der Waals surface area contributed by atoms with Crippen LogP contribution in [0.1, 0.15) is 32.6 Å². The molecule has 0 amide bonds. The maximum Gasteiger partial charge on any atom is 0.0478 e. The first-order valence-corrected chi connectivity index (χ1v) is 6.29. The van der Waals surface area contributed by atoms with Gasteiger partial charge in [0.25, 0.3) is 0 Å². The standard InChI is InChI=1S/C12H25NO2/c1-2-7-14-8-3-6-13-11-12-4-9-15-10-5-12/h12-13H,2-11H2,1H3. The lowest BCUT2D eigenvalue weighted by molar-refractivity contribution is 0.0660. The van der Waals surface area contributed by atoms with Crippen LogP contribution in [0.2, 0.25) is 0 Å². The summed E-state index contributed by atoms with van der Waals surface area (Å²) in [6.07, 6.45) is 4.69. The predicted octanol–water partition coefficient (Wildman–Crippen LogP) is 1.82. The normalized spacial score (nSPS) is 18.2. The molecule has 3 heteroatoms. The number of rotatable bonds is 8. The molecule has 0 aromatic rings. The van der Waals surface area contributed by atoms with Crippen molar-refractivity contribution < 1.29 is 9.47 Å². The van der Waals surface area contributed by atoms with Gasteiger partial charge in [0.05, 0.1) is 0 Å². The second-order valence-corrected chi connectivity index (χ2v) is 4.23. The van der Waals surface area contributed by atoms with E-state index in [0.29, 0.717) is 0 Å². The fourth-order valence-corrected chi connectivity index (χ4v) is 1.80. The van der Waals surface area contributed by atoms with E-state index in [9.17, 15) is 0 Å². The third kappa shape index (κ3) is 6.88. The lowest BCUT2D eigenvalue weighted by atomic mass is 10.0. The Labute approximate surface area is 93.5 Å². The molecule has 1 N–H and O–H groups in total. The van der Waals surface area contributed by atoms with Gasteiger partial charge in [-0.05, 0) is 44.7 Å². The van der Waals surface area contributed by atoms with Crippen LogP contribution in [0.15, 0.2) is 0 Å². The summed E-state index contributed by atoms with van der Waals surface area (Å²) in [6, 6.07) is 0. The SMILES string of the molecule is CCCOCCCNCC1CCOCC1. The molecule has 1 aliphatic heterocycles. The first kappa shape index (κ1) is 12.9. The maximum absolute atomic E-state index is 5.41. The molecular formula is C12H25NO2. The monoisotopic (exact) mass is 215 g/mol. The molecule has 0 aromatic carbocycles. The quantitative estimate of drug-likeness (QED) is 0.627. The van der Waals surface area contributed by atoms with Crippen molar-refractivity contribution in [3.05, 3.63) is 0 Å². The van der Waals surface area contributed by atoms with Gasteiger partial charge in [-0.2, -0.15) is 0 Å². The summed E-state index contributed by atoms with van der Waals surface area (Å²) in [5.74, 6) is 0.829. The van der Waals surface area contributed by atoms with Crippen LogP contribution in [-0.4, -0.2) is 39.5 Å². The molecule has 90 valence electrons. The van der Waals surface area contributed by atoms with E-state index in [2.05, 4.69) is 12.2 Å².